The van der Waals surface area contributed by atoms with Crippen molar-refractivity contribution in [2.75, 3.05) is 37.7 Å². The molecule has 0 radical (unpaired) electrons. The van der Waals surface area contributed by atoms with E-state index in [1.54, 1.807) is 0 Å². The van der Waals surface area contributed by atoms with Crippen molar-refractivity contribution in [2.24, 2.45) is 5.41 Å². The normalized spacial score (nSPS) is 24.4. The molecule has 1 spiro atoms. The predicted octanol–water partition coefficient (Wildman–Crippen LogP) is 2.05. The van der Waals surface area contributed by atoms with Crippen LogP contribution in [0.3, 0.4) is 0 Å². The highest BCUT2D eigenvalue weighted by molar-refractivity contribution is 5.77. The van der Waals surface area contributed by atoms with Crippen molar-refractivity contribution in [1.82, 2.24) is 25.1 Å². The Balaban J connectivity index is 1.26. The molecular weight excluding hydrogens is 368 g/mol. The summed E-state index contributed by atoms with van der Waals surface area (Å²) in [5.41, 5.74) is 1.19. The number of ether oxygens (including phenoxy) is 1. The molecular formula is C21H28N6O2. The number of carbonyl (C=O) groups excluding carboxylic acids is 1. The van der Waals surface area contributed by atoms with Crippen LogP contribution in [-0.2, 0) is 9.53 Å². The average molecular weight is 396 g/mol. The number of anilines is 1. The van der Waals surface area contributed by atoms with Gasteiger partial charge in [-0.05, 0) is 60.1 Å². The predicted molar refractivity (Wildman–Crippen MR) is 108 cm³/mol. The van der Waals surface area contributed by atoms with Gasteiger partial charge in [-0.3, -0.25) is 4.79 Å². The Labute approximate surface area is 170 Å². The number of para-hydroxylation sites is 1. The summed E-state index contributed by atoms with van der Waals surface area (Å²) in [6.07, 6.45) is 6.19. The second kappa shape index (κ2) is 7.74. The van der Waals surface area contributed by atoms with Crippen molar-refractivity contribution in [2.45, 2.75) is 44.6 Å². The highest BCUT2D eigenvalue weighted by Crippen LogP contribution is 2.41. The average Bonchev–Trinajstić information content (AvgIpc) is 3.44. The molecule has 0 bridgehead atoms. The summed E-state index contributed by atoms with van der Waals surface area (Å²) in [5, 5.41) is 12.4. The molecule has 4 heterocycles. The number of tetrazole rings is 1. The Hall–Kier alpha value is -2.48. The van der Waals surface area contributed by atoms with Crippen molar-refractivity contribution < 1.29 is 9.53 Å². The molecule has 3 saturated heterocycles. The highest BCUT2D eigenvalue weighted by atomic mass is 16.5. The molecule has 1 aromatic heterocycles. The van der Waals surface area contributed by atoms with E-state index in [0.29, 0.717) is 12.3 Å². The van der Waals surface area contributed by atoms with Gasteiger partial charge >= 0.3 is 0 Å². The maximum absolute atomic E-state index is 12.5. The van der Waals surface area contributed by atoms with Crippen LogP contribution in [0.25, 0.3) is 5.69 Å². The number of nitrogens with zero attached hydrogens (tertiary/aromatic N) is 6. The van der Waals surface area contributed by atoms with Crippen molar-refractivity contribution in [3.05, 3.63) is 30.3 Å². The van der Waals surface area contributed by atoms with Crippen LogP contribution in [0.1, 0.15) is 38.5 Å². The molecule has 0 aliphatic carbocycles. The van der Waals surface area contributed by atoms with Gasteiger partial charge in [0.2, 0.25) is 11.9 Å². The molecule has 3 aliphatic rings. The number of piperidine rings is 2. The minimum atomic E-state index is 0.216. The molecule has 3 fully saturated rings. The first-order valence-electron chi connectivity index (χ1n) is 10.7. The molecule has 0 N–H and O–H groups in total. The zero-order valence-electron chi connectivity index (χ0n) is 16.7. The van der Waals surface area contributed by atoms with Gasteiger partial charge in [0.25, 0.3) is 0 Å². The summed E-state index contributed by atoms with van der Waals surface area (Å²) < 4.78 is 7.59. The largest absolute Gasteiger partial charge is 0.376 e. The number of rotatable bonds is 4. The van der Waals surface area contributed by atoms with Crippen molar-refractivity contribution in [3.63, 3.8) is 0 Å². The maximum Gasteiger partial charge on any atom is 0.250 e. The molecule has 0 unspecified atom stereocenters. The summed E-state index contributed by atoms with van der Waals surface area (Å²) in [5.74, 6) is 1.09. The maximum atomic E-state index is 12.5. The van der Waals surface area contributed by atoms with E-state index in [1.807, 2.05) is 35.0 Å². The summed E-state index contributed by atoms with van der Waals surface area (Å²) in [6, 6.07) is 10.0. The monoisotopic (exact) mass is 396 g/mol. The Bertz CT molecular complexity index is 840. The first-order valence-corrected chi connectivity index (χ1v) is 10.7. The zero-order chi connectivity index (χ0) is 19.7. The van der Waals surface area contributed by atoms with Crippen LogP contribution in [0, 0.1) is 5.41 Å². The van der Waals surface area contributed by atoms with Crippen LogP contribution in [0.5, 0.6) is 0 Å². The molecule has 1 atom stereocenters. The molecule has 0 saturated carbocycles. The molecule has 1 amide bonds. The van der Waals surface area contributed by atoms with E-state index >= 15 is 0 Å². The number of carbonyl (C=O) groups is 1. The second-order valence-corrected chi connectivity index (χ2v) is 8.62. The third-order valence-corrected chi connectivity index (χ3v) is 6.76. The number of hydrogen-bond donors (Lipinski definition) is 0. The first kappa shape index (κ1) is 18.5. The standard InChI is InChI=1S/C21H28N6O2/c28-19-8-9-21(16-26(19)15-18-7-4-14-29-18)10-12-25(13-11-21)20-22-23-24-27(20)17-5-2-1-3-6-17/h1-3,5-6,18H,4,7-16H2/t18-/m1/s1. The summed E-state index contributed by atoms with van der Waals surface area (Å²) >= 11 is 0. The van der Waals surface area contributed by atoms with Gasteiger partial charge in [0.05, 0.1) is 11.8 Å². The lowest BCUT2D eigenvalue weighted by atomic mass is 9.72. The van der Waals surface area contributed by atoms with Crippen molar-refractivity contribution >= 4 is 11.9 Å². The Morgan fingerprint density at radius 1 is 1.14 bits per heavy atom. The highest BCUT2D eigenvalue weighted by Gasteiger charge is 2.42. The van der Waals surface area contributed by atoms with E-state index < -0.39 is 0 Å². The van der Waals surface area contributed by atoms with Gasteiger partial charge in [-0.1, -0.05) is 23.3 Å². The smallest absolute Gasteiger partial charge is 0.250 e. The van der Waals surface area contributed by atoms with Crippen LogP contribution >= 0.6 is 0 Å². The van der Waals surface area contributed by atoms with Crippen LogP contribution in [0.4, 0.5) is 5.95 Å². The molecule has 8 nitrogen and oxygen atoms in total. The van der Waals surface area contributed by atoms with Crippen LogP contribution in [0.15, 0.2) is 30.3 Å². The number of likely N-dealkylation sites (tertiary alicyclic amines) is 1. The van der Waals surface area contributed by atoms with Crippen LogP contribution in [-0.4, -0.2) is 69.9 Å². The quantitative estimate of drug-likeness (QED) is 0.787. The molecule has 2 aromatic rings. The topological polar surface area (TPSA) is 76.4 Å². The Morgan fingerprint density at radius 3 is 2.72 bits per heavy atom. The first-order chi connectivity index (χ1) is 14.2. The van der Waals surface area contributed by atoms with E-state index in [2.05, 4.69) is 25.3 Å². The Morgan fingerprint density at radius 2 is 1.97 bits per heavy atom. The van der Waals surface area contributed by atoms with Gasteiger partial charge in [-0.25, -0.2) is 0 Å². The Kier molecular flexibility index (Phi) is 4.95. The third-order valence-electron chi connectivity index (χ3n) is 6.76. The van der Waals surface area contributed by atoms with Crippen LogP contribution in [0.2, 0.25) is 0 Å². The molecule has 154 valence electrons. The summed E-state index contributed by atoms with van der Waals surface area (Å²) in [7, 11) is 0. The van der Waals surface area contributed by atoms with Crippen molar-refractivity contribution in [3.8, 4) is 5.69 Å². The van der Waals surface area contributed by atoms with E-state index in [4.69, 9.17) is 4.74 Å². The molecule has 5 rings (SSSR count). The minimum Gasteiger partial charge on any atom is -0.376 e. The lowest BCUT2D eigenvalue weighted by Crippen LogP contribution is -2.53. The van der Waals surface area contributed by atoms with Gasteiger partial charge in [-0.2, -0.15) is 4.68 Å². The lowest BCUT2D eigenvalue weighted by molar-refractivity contribution is -0.140. The van der Waals surface area contributed by atoms with Gasteiger partial charge in [0.15, 0.2) is 0 Å². The fourth-order valence-corrected chi connectivity index (χ4v) is 5.01. The molecule has 1 aromatic carbocycles. The summed E-state index contributed by atoms with van der Waals surface area (Å²) in [4.78, 5) is 16.8. The van der Waals surface area contributed by atoms with E-state index in [1.165, 1.54) is 0 Å². The SMILES string of the molecule is O=C1CCC2(CCN(c3nnnn3-c3ccccc3)CC2)CN1C[C@H]1CCCO1. The second-order valence-electron chi connectivity index (χ2n) is 8.62. The number of amides is 1. The molecule has 8 heteroatoms. The lowest BCUT2D eigenvalue weighted by Gasteiger charge is -2.47. The minimum absolute atomic E-state index is 0.216. The van der Waals surface area contributed by atoms with Gasteiger partial charge in [-0.15, -0.1) is 0 Å². The number of aromatic nitrogens is 4. The van der Waals surface area contributed by atoms with E-state index in [0.717, 1.165) is 76.5 Å². The summed E-state index contributed by atoms with van der Waals surface area (Å²) in [6.45, 7) is 4.28. The van der Waals surface area contributed by atoms with Gasteiger partial charge in [0.1, 0.15) is 0 Å². The number of benzene rings is 1. The van der Waals surface area contributed by atoms with E-state index in [9.17, 15) is 4.79 Å². The third kappa shape index (κ3) is 3.73. The fraction of sp³-hybridized carbons (Fsp3) is 0.619. The zero-order valence-corrected chi connectivity index (χ0v) is 16.7. The fourth-order valence-electron chi connectivity index (χ4n) is 5.01. The van der Waals surface area contributed by atoms with Crippen molar-refractivity contribution in [1.29, 1.82) is 0 Å². The van der Waals surface area contributed by atoms with Crippen LogP contribution < -0.4 is 4.90 Å². The molecule has 3 aliphatic heterocycles. The van der Waals surface area contributed by atoms with E-state index in [-0.39, 0.29) is 11.5 Å². The van der Waals surface area contributed by atoms with Gasteiger partial charge < -0.3 is 14.5 Å². The van der Waals surface area contributed by atoms with Gasteiger partial charge in [0, 0.05) is 39.2 Å². The molecule has 29 heavy (non-hydrogen) atoms. The number of hydrogen-bond acceptors (Lipinski definition) is 6.